The van der Waals surface area contributed by atoms with Gasteiger partial charge in [-0.25, -0.2) is 4.68 Å². The van der Waals surface area contributed by atoms with Crippen LogP contribution in [0.3, 0.4) is 0 Å². The van der Waals surface area contributed by atoms with Crippen LogP contribution in [-0.2, 0) is 0 Å². The summed E-state index contributed by atoms with van der Waals surface area (Å²) in [6.45, 7) is 4.31. The molecule has 0 amide bonds. The number of hydrogen-bond acceptors (Lipinski definition) is 3. The van der Waals surface area contributed by atoms with E-state index in [2.05, 4.69) is 34.1 Å². The second-order valence-electron chi connectivity index (χ2n) is 4.67. The van der Waals surface area contributed by atoms with Crippen LogP contribution in [0.2, 0.25) is 0 Å². The van der Waals surface area contributed by atoms with Crippen LogP contribution in [0.25, 0.3) is 5.69 Å². The Morgan fingerprint density at radius 2 is 1.78 bits per heavy atom. The van der Waals surface area contributed by atoms with Gasteiger partial charge >= 0.3 is 0 Å². The van der Waals surface area contributed by atoms with Gasteiger partial charge < -0.3 is 9.80 Å². The van der Waals surface area contributed by atoms with Crippen molar-refractivity contribution in [3.05, 3.63) is 42.6 Å². The third-order valence-corrected chi connectivity index (χ3v) is 3.37. The molecule has 1 fully saturated rings. The highest BCUT2D eigenvalue weighted by Crippen LogP contribution is 2.15. The largest absolute Gasteiger partial charge is 0.353 e. The van der Waals surface area contributed by atoms with Gasteiger partial charge in [0, 0.05) is 38.4 Å². The lowest BCUT2D eigenvalue weighted by Gasteiger charge is -2.32. The maximum Gasteiger partial charge on any atom is 0.151 e. The van der Waals surface area contributed by atoms with Crippen LogP contribution in [0.4, 0.5) is 5.82 Å². The maximum absolute atomic E-state index is 4.64. The molecule has 0 unspecified atom stereocenters. The highest BCUT2D eigenvalue weighted by atomic mass is 15.4. The Kier molecular flexibility index (Phi) is 3.02. The monoisotopic (exact) mass is 241 g/mol. The molecule has 2 heterocycles. The van der Waals surface area contributed by atoms with Gasteiger partial charge in [-0.2, -0.15) is 5.10 Å². The number of hydrogen-bond donors (Lipinski definition) is 0. The Balaban J connectivity index is 1.78. The SMILES string of the molecule is CN1CCN(c2ccn(-c3cc[c]cc3)n2)CC1. The Morgan fingerprint density at radius 1 is 1.06 bits per heavy atom. The number of anilines is 1. The predicted octanol–water partition coefficient (Wildman–Crippen LogP) is 1.42. The zero-order valence-corrected chi connectivity index (χ0v) is 10.6. The molecule has 0 spiro atoms. The number of nitrogens with zero attached hydrogens (tertiary/aromatic N) is 4. The fourth-order valence-electron chi connectivity index (χ4n) is 2.19. The summed E-state index contributed by atoms with van der Waals surface area (Å²) >= 11 is 0. The van der Waals surface area contributed by atoms with Crippen molar-refractivity contribution in [3.63, 3.8) is 0 Å². The summed E-state index contributed by atoms with van der Waals surface area (Å²) in [6, 6.07) is 13.0. The molecule has 0 saturated carbocycles. The van der Waals surface area contributed by atoms with Crippen molar-refractivity contribution in [2.24, 2.45) is 0 Å². The second-order valence-corrected chi connectivity index (χ2v) is 4.67. The molecule has 4 heteroatoms. The first-order chi connectivity index (χ1) is 8.83. The van der Waals surface area contributed by atoms with E-state index in [1.165, 1.54) is 0 Å². The van der Waals surface area contributed by atoms with Gasteiger partial charge in [-0.3, -0.25) is 0 Å². The molecule has 1 aromatic heterocycles. The number of benzene rings is 1. The summed E-state index contributed by atoms with van der Waals surface area (Å²) in [5.74, 6) is 1.07. The third-order valence-electron chi connectivity index (χ3n) is 3.37. The van der Waals surface area contributed by atoms with Gasteiger partial charge in [0.1, 0.15) is 0 Å². The molecular weight excluding hydrogens is 224 g/mol. The van der Waals surface area contributed by atoms with Crippen molar-refractivity contribution >= 4 is 5.82 Å². The minimum Gasteiger partial charge on any atom is -0.353 e. The van der Waals surface area contributed by atoms with Crippen molar-refractivity contribution < 1.29 is 0 Å². The molecule has 0 aliphatic carbocycles. The van der Waals surface area contributed by atoms with E-state index in [9.17, 15) is 0 Å². The molecule has 1 saturated heterocycles. The number of likely N-dealkylation sites (N-methyl/N-ethyl adjacent to an activating group) is 1. The van der Waals surface area contributed by atoms with Crippen molar-refractivity contribution in [3.8, 4) is 5.69 Å². The zero-order chi connectivity index (χ0) is 12.4. The van der Waals surface area contributed by atoms with Crippen LogP contribution in [-0.4, -0.2) is 47.9 Å². The Morgan fingerprint density at radius 3 is 2.50 bits per heavy atom. The first-order valence-electron chi connectivity index (χ1n) is 6.28. The number of aromatic nitrogens is 2. The topological polar surface area (TPSA) is 24.3 Å². The third kappa shape index (κ3) is 2.24. The van der Waals surface area contributed by atoms with Crippen LogP contribution in [0, 0.1) is 6.07 Å². The van der Waals surface area contributed by atoms with Gasteiger partial charge in [0.25, 0.3) is 0 Å². The Hall–Kier alpha value is -1.81. The fourth-order valence-corrected chi connectivity index (χ4v) is 2.19. The molecule has 18 heavy (non-hydrogen) atoms. The summed E-state index contributed by atoms with van der Waals surface area (Å²) in [5, 5.41) is 4.64. The molecule has 0 atom stereocenters. The van der Waals surface area contributed by atoms with Crippen molar-refractivity contribution in [1.29, 1.82) is 0 Å². The van der Waals surface area contributed by atoms with Gasteiger partial charge in [-0.05, 0) is 25.2 Å². The van der Waals surface area contributed by atoms with E-state index in [-0.39, 0.29) is 0 Å². The van der Waals surface area contributed by atoms with Crippen LogP contribution in [0.15, 0.2) is 36.5 Å². The zero-order valence-electron chi connectivity index (χ0n) is 10.6. The lowest BCUT2D eigenvalue weighted by Crippen LogP contribution is -2.44. The summed E-state index contributed by atoms with van der Waals surface area (Å²) in [6.07, 6.45) is 2.02. The Labute approximate surface area is 107 Å². The molecule has 0 bridgehead atoms. The van der Waals surface area contributed by atoms with Gasteiger partial charge in [-0.1, -0.05) is 12.1 Å². The summed E-state index contributed by atoms with van der Waals surface area (Å²) < 4.78 is 1.92. The number of rotatable bonds is 2. The highest BCUT2D eigenvalue weighted by Gasteiger charge is 2.16. The maximum atomic E-state index is 4.64. The van der Waals surface area contributed by atoms with Crippen molar-refractivity contribution in [1.82, 2.24) is 14.7 Å². The molecular formula is C14H17N4. The molecule has 3 rings (SSSR count). The quantitative estimate of drug-likeness (QED) is 0.795. The predicted molar refractivity (Wildman–Crippen MR) is 72.1 cm³/mol. The van der Waals surface area contributed by atoms with E-state index in [4.69, 9.17) is 0 Å². The molecule has 0 N–H and O–H groups in total. The molecule has 4 nitrogen and oxygen atoms in total. The smallest absolute Gasteiger partial charge is 0.151 e. The van der Waals surface area contributed by atoms with Crippen LogP contribution >= 0.6 is 0 Å². The summed E-state index contributed by atoms with van der Waals surface area (Å²) in [4.78, 5) is 4.69. The van der Waals surface area contributed by atoms with E-state index in [0.29, 0.717) is 0 Å². The molecule has 1 aromatic carbocycles. The van der Waals surface area contributed by atoms with Gasteiger partial charge in [0.05, 0.1) is 5.69 Å². The van der Waals surface area contributed by atoms with Gasteiger partial charge in [0.2, 0.25) is 0 Å². The van der Waals surface area contributed by atoms with Gasteiger partial charge in [-0.15, -0.1) is 0 Å². The first kappa shape index (κ1) is 11.3. The lowest BCUT2D eigenvalue weighted by molar-refractivity contribution is 0.312. The van der Waals surface area contributed by atoms with Crippen LogP contribution in [0.5, 0.6) is 0 Å². The van der Waals surface area contributed by atoms with E-state index in [0.717, 1.165) is 37.7 Å². The van der Waals surface area contributed by atoms with Crippen LogP contribution in [0.1, 0.15) is 0 Å². The fraction of sp³-hybridized carbons (Fsp3) is 0.357. The molecule has 2 aromatic rings. The van der Waals surface area contributed by atoms with E-state index in [1.807, 2.05) is 35.1 Å². The van der Waals surface area contributed by atoms with Crippen LogP contribution < -0.4 is 4.90 Å². The van der Waals surface area contributed by atoms with Crippen molar-refractivity contribution in [2.45, 2.75) is 0 Å². The summed E-state index contributed by atoms with van der Waals surface area (Å²) in [7, 11) is 2.16. The standard InChI is InChI=1S/C14H17N4/c1-16-9-11-17(12-10-16)14-7-8-18(15-14)13-5-3-2-4-6-13/h3-8H,9-12H2,1H3. The molecule has 1 radical (unpaired) electrons. The van der Waals surface area contributed by atoms with Crippen molar-refractivity contribution in [2.75, 3.05) is 38.1 Å². The lowest BCUT2D eigenvalue weighted by atomic mass is 10.3. The normalized spacial score (nSPS) is 17.1. The molecule has 1 aliphatic heterocycles. The average Bonchev–Trinajstić information content (AvgIpc) is 2.90. The summed E-state index contributed by atoms with van der Waals surface area (Å²) in [5.41, 5.74) is 1.08. The molecule has 93 valence electrons. The van der Waals surface area contributed by atoms with E-state index >= 15 is 0 Å². The minimum atomic E-state index is 1.05. The average molecular weight is 241 g/mol. The number of piperazine rings is 1. The van der Waals surface area contributed by atoms with Gasteiger partial charge in [0.15, 0.2) is 5.82 Å². The molecule has 1 aliphatic rings. The Bertz CT molecular complexity index is 498. The van der Waals surface area contributed by atoms with E-state index in [1.54, 1.807) is 0 Å². The highest BCUT2D eigenvalue weighted by molar-refractivity contribution is 5.40. The van der Waals surface area contributed by atoms with E-state index < -0.39 is 0 Å². The minimum absolute atomic E-state index is 1.05. The second kappa shape index (κ2) is 4.82. The first-order valence-corrected chi connectivity index (χ1v) is 6.28.